The largest absolute Gasteiger partial charge is 0.344 e. The number of nitrogens with zero attached hydrogens (tertiary/aromatic N) is 1. The second-order valence-corrected chi connectivity index (χ2v) is 5.31. The summed E-state index contributed by atoms with van der Waals surface area (Å²) in [5, 5.41) is 9.38. The van der Waals surface area contributed by atoms with E-state index in [2.05, 4.69) is 15.5 Å². The molecule has 0 saturated heterocycles. The van der Waals surface area contributed by atoms with Gasteiger partial charge in [0.05, 0.1) is 11.4 Å². The number of aromatic amines is 1. The maximum absolute atomic E-state index is 13.8. The monoisotopic (exact) mass is 329 g/mol. The summed E-state index contributed by atoms with van der Waals surface area (Å²) in [6.07, 6.45) is 0. The molecule has 122 valence electrons. The summed E-state index contributed by atoms with van der Waals surface area (Å²) in [5.74, 6) is -2.01. The second-order valence-electron chi connectivity index (χ2n) is 5.31. The SMILES string of the molecule is C[C@H](NC(=O)c1n[nH]c(=O)c2ccccc12)c1ccc(F)cc1F. The molecule has 1 aromatic heterocycles. The van der Waals surface area contributed by atoms with Gasteiger partial charge in [0.15, 0.2) is 5.69 Å². The minimum atomic E-state index is -0.748. The van der Waals surface area contributed by atoms with Crippen LogP contribution in [0.1, 0.15) is 29.0 Å². The van der Waals surface area contributed by atoms with Crippen LogP contribution in [-0.4, -0.2) is 16.1 Å². The molecule has 1 amide bonds. The molecule has 0 radical (unpaired) electrons. The summed E-state index contributed by atoms with van der Waals surface area (Å²) in [4.78, 5) is 24.2. The van der Waals surface area contributed by atoms with E-state index in [-0.39, 0.29) is 11.3 Å². The van der Waals surface area contributed by atoms with Crippen LogP contribution < -0.4 is 10.9 Å². The molecule has 0 aliphatic rings. The van der Waals surface area contributed by atoms with Gasteiger partial charge in [-0.1, -0.05) is 24.3 Å². The average molecular weight is 329 g/mol. The van der Waals surface area contributed by atoms with Gasteiger partial charge in [-0.2, -0.15) is 5.10 Å². The number of hydrogen-bond donors (Lipinski definition) is 2. The predicted molar refractivity (Wildman–Crippen MR) is 84.6 cm³/mol. The molecule has 5 nitrogen and oxygen atoms in total. The first-order valence-electron chi connectivity index (χ1n) is 7.20. The molecule has 3 aromatic rings. The number of nitrogens with one attached hydrogen (secondary N) is 2. The van der Waals surface area contributed by atoms with Crippen LogP contribution in [0.25, 0.3) is 10.8 Å². The van der Waals surface area contributed by atoms with Crippen molar-refractivity contribution in [3.63, 3.8) is 0 Å². The lowest BCUT2D eigenvalue weighted by Gasteiger charge is -2.15. The van der Waals surface area contributed by atoms with E-state index in [0.717, 1.165) is 12.1 Å². The predicted octanol–water partition coefficient (Wildman–Crippen LogP) is 2.69. The number of amides is 1. The molecule has 2 N–H and O–H groups in total. The molecule has 1 heterocycles. The Balaban J connectivity index is 1.93. The number of carbonyl (C=O) groups excluding carboxylic acids is 1. The first-order valence-corrected chi connectivity index (χ1v) is 7.20. The fraction of sp³-hybridized carbons (Fsp3) is 0.118. The second kappa shape index (κ2) is 6.19. The Morgan fingerprint density at radius 3 is 2.58 bits per heavy atom. The quantitative estimate of drug-likeness (QED) is 0.776. The van der Waals surface area contributed by atoms with Crippen molar-refractivity contribution in [2.75, 3.05) is 0 Å². The Labute approximate surface area is 135 Å². The number of fused-ring (bicyclic) bond motifs is 1. The highest BCUT2D eigenvalue weighted by Gasteiger charge is 2.18. The van der Waals surface area contributed by atoms with Crippen LogP contribution in [0.15, 0.2) is 47.3 Å². The number of aromatic nitrogens is 2. The molecule has 24 heavy (non-hydrogen) atoms. The van der Waals surface area contributed by atoms with Gasteiger partial charge in [0.1, 0.15) is 11.6 Å². The lowest BCUT2D eigenvalue weighted by atomic mass is 10.1. The van der Waals surface area contributed by atoms with Crippen LogP contribution in [0.2, 0.25) is 0 Å². The lowest BCUT2D eigenvalue weighted by Crippen LogP contribution is -2.29. The van der Waals surface area contributed by atoms with Gasteiger partial charge in [-0.15, -0.1) is 0 Å². The molecule has 0 aliphatic heterocycles. The smallest absolute Gasteiger partial charge is 0.272 e. The van der Waals surface area contributed by atoms with Gasteiger partial charge in [0.25, 0.3) is 11.5 Å². The Kier molecular flexibility index (Phi) is 4.07. The minimum Gasteiger partial charge on any atom is -0.344 e. The van der Waals surface area contributed by atoms with Crippen molar-refractivity contribution in [1.29, 1.82) is 0 Å². The van der Waals surface area contributed by atoms with Crippen molar-refractivity contribution in [2.45, 2.75) is 13.0 Å². The molecule has 0 fully saturated rings. The first kappa shape index (κ1) is 15.8. The zero-order chi connectivity index (χ0) is 17.3. The van der Waals surface area contributed by atoms with Gasteiger partial charge in [0.2, 0.25) is 0 Å². The van der Waals surface area contributed by atoms with Gasteiger partial charge in [-0.05, 0) is 19.1 Å². The van der Waals surface area contributed by atoms with Crippen molar-refractivity contribution in [1.82, 2.24) is 15.5 Å². The zero-order valence-electron chi connectivity index (χ0n) is 12.6. The molecule has 3 rings (SSSR count). The van der Waals surface area contributed by atoms with Crippen molar-refractivity contribution >= 4 is 16.7 Å². The standard InChI is InChI=1S/C17H13F2N3O2/c1-9(11-7-6-10(18)8-14(11)19)20-17(24)15-12-4-2-3-5-13(12)16(23)22-21-15/h2-9H,1H3,(H,20,24)(H,22,23)/t9-/m0/s1. The molecule has 1 atom stereocenters. The third kappa shape index (κ3) is 2.88. The number of benzene rings is 2. The number of rotatable bonds is 3. The van der Waals surface area contributed by atoms with Gasteiger partial charge >= 0.3 is 0 Å². The van der Waals surface area contributed by atoms with Crippen molar-refractivity contribution in [3.05, 3.63) is 75.7 Å². The molecule has 0 unspecified atom stereocenters. The van der Waals surface area contributed by atoms with E-state index in [1.54, 1.807) is 31.2 Å². The van der Waals surface area contributed by atoms with Gasteiger partial charge in [0, 0.05) is 17.0 Å². The van der Waals surface area contributed by atoms with Crippen LogP contribution in [-0.2, 0) is 0 Å². The van der Waals surface area contributed by atoms with Crippen LogP contribution in [0, 0.1) is 11.6 Å². The van der Waals surface area contributed by atoms with Gasteiger partial charge in [-0.25, -0.2) is 13.9 Å². The van der Waals surface area contributed by atoms with Crippen molar-refractivity contribution in [3.8, 4) is 0 Å². The van der Waals surface area contributed by atoms with Crippen LogP contribution in [0.3, 0.4) is 0 Å². The van der Waals surface area contributed by atoms with Crippen LogP contribution in [0.4, 0.5) is 8.78 Å². The maximum Gasteiger partial charge on any atom is 0.272 e. The normalized spacial score (nSPS) is 12.1. The van der Waals surface area contributed by atoms with E-state index in [1.165, 1.54) is 6.07 Å². The number of carbonyl (C=O) groups is 1. The van der Waals surface area contributed by atoms with E-state index in [4.69, 9.17) is 0 Å². The fourth-order valence-corrected chi connectivity index (χ4v) is 2.48. The van der Waals surface area contributed by atoms with E-state index in [0.29, 0.717) is 10.8 Å². The molecule has 0 aliphatic carbocycles. The van der Waals surface area contributed by atoms with Gasteiger partial charge < -0.3 is 5.32 Å². The molecule has 0 saturated carbocycles. The lowest BCUT2D eigenvalue weighted by molar-refractivity contribution is 0.0935. The minimum absolute atomic E-state index is 0.0274. The Morgan fingerprint density at radius 2 is 1.88 bits per heavy atom. The Morgan fingerprint density at radius 1 is 1.17 bits per heavy atom. The maximum atomic E-state index is 13.8. The van der Waals surface area contributed by atoms with E-state index < -0.39 is 29.1 Å². The van der Waals surface area contributed by atoms with E-state index >= 15 is 0 Å². The number of hydrogen-bond acceptors (Lipinski definition) is 3. The highest BCUT2D eigenvalue weighted by Crippen LogP contribution is 2.19. The zero-order valence-corrected chi connectivity index (χ0v) is 12.6. The molecule has 2 aromatic carbocycles. The van der Waals surface area contributed by atoms with Crippen molar-refractivity contribution < 1.29 is 13.6 Å². The van der Waals surface area contributed by atoms with Crippen LogP contribution >= 0.6 is 0 Å². The molecule has 7 heteroatoms. The fourth-order valence-electron chi connectivity index (χ4n) is 2.48. The Bertz CT molecular complexity index is 985. The highest BCUT2D eigenvalue weighted by atomic mass is 19.1. The van der Waals surface area contributed by atoms with Crippen molar-refractivity contribution in [2.24, 2.45) is 0 Å². The summed E-state index contributed by atoms with van der Waals surface area (Å²) in [7, 11) is 0. The molecular weight excluding hydrogens is 316 g/mol. The van der Waals surface area contributed by atoms with E-state index in [9.17, 15) is 18.4 Å². The summed E-state index contributed by atoms with van der Waals surface area (Å²) < 4.78 is 26.8. The van der Waals surface area contributed by atoms with Gasteiger partial charge in [-0.3, -0.25) is 9.59 Å². The molecular formula is C17H13F2N3O2. The number of halogens is 2. The Hall–Kier alpha value is -3.09. The number of H-pyrrole nitrogens is 1. The third-order valence-electron chi connectivity index (χ3n) is 3.69. The molecule has 0 bridgehead atoms. The van der Waals surface area contributed by atoms with Crippen LogP contribution in [0.5, 0.6) is 0 Å². The highest BCUT2D eigenvalue weighted by molar-refractivity contribution is 6.04. The summed E-state index contributed by atoms with van der Waals surface area (Å²) in [6, 6.07) is 8.99. The topological polar surface area (TPSA) is 74.8 Å². The third-order valence-corrected chi connectivity index (χ3v) is 3.69. The average Bonchev–Trinajstić information content (AvgIpc) is 2.55. The first-order chi connectivity index (χ1) is 11.5. The van der Waals surface area contributed by atoms with E-state index in [1.807, 2.05) is 0 Å². The molecule has 0 spiro atoms. The summed E-state index contributed by atoms with van der Waals surface area (Å²) >= 11 is 0. The summed E-state index contributed by atoms with van der Waals surface area (Å²) in [6.45, 7) is 1.57. The summed E-state index contributed by atoms with van der Waals surface area (Å²) in [5.41, 5.74) is -0.224.